The van der Waals surface area contributed by atoms with Crippen molar-refractivity contribution < 1.29 is 14.7 Å². The molecule has 0 saturated carbocycles. The van der Waals surface area contributed by atoms with Crippen molar-refractivity contribution in [1.29, 1.82) is 0 Å². The first-order valence-electron chi connectivity index (χ1n) is 8.29. The Morgan fingerprint density at radius 1 is 1.26 bits per heavy atom. The number of amides is 2. The van der Waals surface area contributed by atoms with Crippen LogP contribution in [0.4, 0.5) is 0 Å². The molecule has 1 saturated heterocycles. The van der Waals surface area contributed by atoms with Gasteiger partial charge in [0, 0.05) is 19.0 Å². The molecule has 0 aromatic heterocycles. The topological polar surface area (TPSA) is 69.6 Å². The van der Waals surface area contributed by atoms with Crippen molar-refractivity contribution in [3.63, 3.8) is 0 Å². The van der Waals surface area contributed by atoms with Crippen LogP contribution in [0.5, 0.6) is 0 Å². The molecule has 1 fully saturated rings. The molecule has 2 amide bonds. The summed E-state index contributed by atoms with van der Waals surface area (Å²) in [4.78, 5) is 26.2. The molecule has 1 aromatic carbocycles. The maximum atomic E-state index is 12.3. The third-order valence-electron chi connectivity index (χ3n) is 4.25. The molecule has 23 heavy (non-hydrogen) atoms. The number of likely N-dealkylation sites (tertiary alicyclic amines) is 1. The molecule has 126 valence electrons. The van der Waals surface area contributed by atoms with E-state index in [0.29, 0.717) is 13.1 Å². The van der Waals surface area contributed by atoms with Gasteiger partial charge in [0.1, 0.15) is 6.04 Å². The predicted octanol–water partition coefficient (Wildman–Crippen LogP) is 1.48. The van der Waals surface area contributed by atoms with Gasteiger partial charge in [0.05, 0.1) is 6.61 Å². The summed E-state index contributed by atoms with van der Waals surface area (Å²) in [5, 5.41) is 12.0. The highest BCUT2D eigenvalue weighted by Crippen LogP contribution is 2.19. The van der Waals surface area contributed by atoms with Crippen molar-refractivity contribution in [3.8, 4) is 0 Å². The summed E-state index contributed by atoms with van der Waals surface area (Å²) in [6, 6.07) is 7.37. The quantitative estimate of drug-likeness (QED) is 0.835. The molecule has 1 unspecified atom stereocenters. The predicted molar refractivity (Wildman–Crippen MR) is 88.7 cm³/mol. The second-order valence-electron chi connectivity index (χ2n) is 6.36. The molecule has 2 rings (SSSR count). The number of nitrogens with one attached hydrogen (secondary N) is 1. The Morgan fingerprint density at radius 2 is 1.91 bits per heavy atom. The molecule has 5 heteroatoms. The van der Waals surface area contributed by atoms with Crippen LogP contribution in [0.2, 0.25) is 0 Å². The summed E-state index contributed by atoms with van der Waals surface area (Å²) < 4.78 is 0. The van der Waals surface area contributed by atoms with Gasteiger partial charge < -0.3 is 15.3 Å². The first-order valence-corrected chi connectivity index (χ1v) is 8.29. The third-order valence-corrected chi connectivity index (χ3v) is 4.25. The van der Waals surface area contributed by atoms with E-state index in [9.17, 15) is 9.59 Å². The van der Waals surface area contributed by atoms with Gasteiger partial charge in [-0.2, -0.15) is 0 Å². The first-order chi connectivity index (χ1) is 11.0. The van der Waals surface area contributed by atoms with Crippen molar-refractivity contribution in [3.05, 3.63) is 35.4 Å². The Kier molecular flexibility index (Phi) is 6.16. The fourth-order valence-corrected chi connectivity index (χ4v) is 2.89. The summed E-state index contributed by atoms with van der Waals surface area (Å²) in [5.74, 6) is -0.0702. The van der Waals surface area contributed by atoms with Gasteiger partial charge in [0.25, 0.3) is 0 Å². The third kappa shape index (κ3) is 4.55. The molecular weight excluding hydrogens is 292 g/mol. The standard InChI is InChI=1S/C18H26N2O3/c1-13(2)18(23)20-11-3-4-16(20)17(22)19-10-9-14-5-7-15(12-21)8-6-14/h5-8,13,16,21H,3-4,9-12H2,1-2H3,(H,19,22). The highest BCUT2D eigenvalue weighted by molar-refractivity contribution is 5.88. The van der Waals surface area contributed by atoms with E-state index in [4.69, 9.17) is 5.11 Å². The van der Waals surface area contributed by atoms with Gasteiger partial charge in [0.2, 0.25) is 11.8 Å². The number of nitrogens with zero attached hydrogens (tertiary/aromatic N) is 1. The normalized spacial score (nSPS) is 17.6. The van der Waals surface area contributed by atoms with Crippen LogP contribution in [-0.4, -0.2) is 41.0 Å². The van der Waals surface area contributed by atoms with E-state index in [1.54, 1.807) is 4.90 Å². The maximum absolute atomic E-state index is 12.3. The van der Waals surface area contributed by atoms with Crippen LogP contribution in [0.1, 0.15) is 37.8 Å². The zero-order chi connectivity index (χ0) is 16.8. The Hall–Kier alpha value is -1.88. The number of hydrogen-bond donors (Lipinski definition) is 2. The lowest BCUT2D eigenvalue weighted by molar-refractivity contribution is -0.140. The minimum absolute atomic E-state index is 0.0401. The lowest BCUT2D eigenvalue weighted by Crippen LogP contribution is -2.47. The Morgan fingerprint density at radius 3 is 2.52 bits per heavy atom. The van der Waals surface area contributed by atoms with E-state index >= 15 is 0 Å². The molecule has 5 nitrogen and oxygen atoms in total. The second-order valence-corrected chi connectivity index (χ2v) is 6.36. The fraction of sp³-hybridized carbons (Fsp3) is 0.556. The average molecular weight is 318 g/mol. The molecule has 1 aliphatic rings. The Labute approximate surface area is 137 Å². The zero-order valence-electron chi connectivity index (χ0n) is 13.9. The van der Waals surface area contributed by atoms with Crippen molar-refractivity contribution in [2.24, 2.45) is 5.92 Å². The van der Waals surface area contributed by atoms with Gasteiger partial charge in [-0.3, -0.25) is 9.59 Å². The fourth-order valence-electron chi connectivity index (χ4n) is 2.89. The minimum Gasteiger partial charge on any atom is -0.392 e. The lowest BCUT2D eigenvalue weighted by atomic mass is 10.1. The average Bonchev–Trinajstić information content (AvgIpc) is 3.04. The van der Waals surface area contributed by atoms with Crippen LogP contribution >= 0.6 is 0 Å². The molecule has 1 heterocycles. The van der Waals surface area contributed by atoms with E-state index in [2.05, 4.69) is 5.32 Å². The zero-order valence-corrected chi connectivity index (χ0v) is 13.9. The van der Waals surface area contributed by atoms with E-state index < -0.39 is 0 Å². The summed E-state index contributed by atoms with van der Waals surface area (Å²) in [6.45, 7) is 5.00. The van der Waals surface area contributed by atoms with Gasteiger partial charge in [-0.05, 0) is 30.4 Å². The molecule has 2 N–H and O–H groups in total. The molecule has 0 aliphatic carbocycles. The smallest absolute Gasteiger partial charge is 0.242 e. The molecule has 0 radical (unpaired) electrons. The number of carbonyl (C=O) groups is 2. The summed E-state index contributed by atoms with van der Waals surface area (Å²) in [6.07, 6.45) is 2.37. The second kappa shape index (κ2) is 8.11. The number of aliphatic hydroxyl groups excluding tert-OH is 1. The molecule has 1 atom stereocenters. The molecule has 0 spiro atoms. The summed E-state index contributed by atoms with van der Waals surface area (Å²) in [7, 11) is 0. The van der Waals surface area contributed by atoms with Crippen LogP contribution in [0, 0.1) is 5.92 Å². The van der Waals surface area contributed by atoms with Gasteiger partial charge in [-0.25, -0.2) is 0 Å². The number of benzene rings is 1. The van der Waals surface area contributed by atoms with E-state index in [1.807, 2.05) is 38.1 Å². The van der Waals surface area contributed by atoms with Gasteiger partial charge in [0.15, 0.2) is 0 Å². The molecule has 1 aromatic rings. The number of rotatable bonds is 6. The van der Waals surface area contributed by atoms with Crippen molar-refractivity contribution in [2.75, 3.05) is 13.1 Å². The number of hydrogen-bond acceptors (Lipinski definition) is 3. The van der Waals surface area contributed by atoms with Gasteiger partial charge in [-0.1, -0.05) is 38.1 Å². The number of aliphatic hydroxyl groups is 1. The van der Waals surface area contributed by atoms with Gasteiger partial charge in [-0.15, -0.1) is 0 Å². The Bertz CT molecular complexity index is 540. The number of carbonyl (C=O) groups excluding carboxylic acids is 2. The molecular formula is C18H26N2O3. The van der Waals surface area contributed by atoms with Crippen molar-refractivity contribution in [2.45, 2.75) is 45.8 Å². The highest BCUT2D eigenvalue weighted by Gasteiger charge is 2.34. The van der Waals surface area contributed by atoms with E-state index in [1.165, 1.54) is 0 Å². The minimum atomic E-state index is -0.318. The monoisotopic (exact) mass is 318 g/mol. The van der Waals surface area contributed by atoms with Crippen LogP contribution in [-0.2, 0) is 22.6 Å². The van der Waals surface area contributed by atoms with Crippen molar-refractivity contribution >= 4 is 11.8 Å². The van der Waals surface area contributed by atoms with Crippen molar-refractivity contribution in [1.82, 2.24) is 10.2 Å². The van der Waals surface area contributed by atoms with Crippen LogP contribution in [0.3, 0.4) is 0 Å². The van der Waals surface area contributed by atoms with E-state index in [-0.39, 0.29) is 30.4 Å². The molecule has 0 bridgehead atoms. The SMILES string of the molecule is CC(C)C(=O)N1CCCC1C(=O)NCCc1ccc(CO)cc1. The molecule has 1 aliphatic heterocycles. The first kappa shape index (κ1) is 17.5. The van der Waals surface area contributed by atoms with Crippen LogP contribution in [0.25, 0.3) is 0 Å². The van der Waals surface area contributed by atoms with Gasteiger partial charge >= 0.3 is 0 Å². The lowest BCUT2D eigenvalue weighted by Gasteiger charge is -2.25. The summed E-state index contributed by atoms with van der Waals surface area (Å²) in [5.41, 5.74) is 2.00. The Balaban J connectivity index is 1.82. The van der Waals surface area contributed by atoms with Crippen LogP contribution in [0.15, 0.2) is 24.3 Å². The van der Waals surface area contributed by atoms with Crippen LogP contribution < -0.4 is 5.32 Å². The largest absolute Gasteiger partial charge is 0.392 e. The maximum Gasteiger partial charge on any atom is 0.242 e. The highest BCUT2D eigenvalue weighted by atomic mass is 16.3. The summed E-state index contributed by atoms with van der Waals surface area (Å²) >= 11 is 0. The van der Waals surface area contributed by atoms with E-state index in [0.717, 1.165) is 30.4 Å².